The third-order valence-electron chi connectivity index (χ3n) is 3.58. The maximum Gasteiger partial charge on any atom is 0.223 e. The van der Waals surface area contributed by atoms with Crippen LogP contribution in [0.2, 0.25) is 0 Å². The fourth-order valence-electron chi connectivity index (χ4n) is 2.40. The van der Waals surface area contributed by atoms with Crippen LogP contribution in [0.3, 0.4) is 0 Å². The van der Waals surface area contributed by atoms with E-state index in [1.165, 1.54) is 5.56 Å². The number of carbonyl (C=O) groups is 1. The number of amides is 1. The van der Waals surface area contributed by atoms with Crippen molar-refractivity contribution in [1.82, 2.24) is 15.2 Å². The van der Waals surface area contributed by atoms with Gasteiger partial charge in [0.1, 0.15) is 0 Å². The van der Waals surface area contributed by atoms with Crippen molar-refractivity contribution >= 4 is 5.91 Å². The predicted octanol–water partition coefficient (Wildman–Crippen LogP) is 1.40. The van der Waals surface area contributed by atoms with E-state index >= 15 is 0 Å². The normalized spacial score (nSPS) is 21.7. The lowest BCUT2D eigenvalue weighted by molar-refractivity contribution is -0.134. The van der Waals surface area contributed by atoms with E-state index in [2.05, 4.69) is 24.1 Å². The standard InChI is InChI=1S/C14H21N3O/c1-11(13-3-5-15-6-4-13)9-14(18)17-8-7-16-10-12(17)2/h3-6,11-12,16H,7-10H2,1-2H3/t11-,12-/m0/s1. The minimum atomic E-state index is 0.252. The van der Waals surface area contributed by atoms with E-state index < -0.39 is 0 Å². The Kier molecular flexibility index (Phi) is 4.31. The molecule has 1 aliphatic heterocycles. The smallest absolute Gasteiger partial charge is 0.223 e. The van der Waals surface area contributed by atoms with E-state index in [1.54, 1.807) is 12.4 Å². The van der Waals surface area contributed by atoms with Gasteiger partial charge >= 0.3 is 0 Å². The molecule has 98 valence electrons. The molecule has 1 aliphatic rings. The van der Waals surface area contributed by atoms with Gasteiger partial charge in [0.05, 0.1) is 0 Å². The van der Waals surface area contributed by atoms with Crippen molar-refractivity contribution in [2.75, 3.05) is 19.6 Å². The highest BCUT2D eigenvalue weighted by Crippen LogP contribution is 2.20. The third-order valence-corrected chi connectivity index (χ3v) is 3.58. The summed E-state index contributed by atoms with van der Waals surface area (Å²) in [6.07, 6.45) is 4.14. The Morgan fingerprint density at radius 2 is 2.28 bits per heavy atom. The first kappa shape index (κ1) is 13.0. The van der Waals surface area contributed by atoms with Crippen LogP contribution in [-0.2, 0) is 4.79 Å². The number of carbonyl (C=O) groups excluding carboxylic acids is 1. The number of pyridine rings is 1. The Hall–Kier alpha value is -1.42. The first-order chi connectivity index (χ1) is 8.68. The van der Waals surface area contributed by atoms with E-state index in [9.17, 15) is 4.79 Å². The van der Waals surface area contributed by atoms with Gasteiger partial charge in [0.15, 0.2) is 0 Å². The fourth-order valence-corrected chi connectivity index (χ4v) is 2.40. The van der Waals surface area contributed by atoms with Crippen molar-refractivity contribution in [3.63, 3.8) is 0 Å². The zero-order valence-corrected chi connectivity index (χ0v) is 11.1. The van der Waals surface area contributed by atoms with Crippen molar-refractivity contribution in [2.24, 2.45) is 0 Å². The van der Waals surface area contributed by atoms with Crippen LogP contribution in [0.4, 0.5) is 0 Å². The molecular weight excluding hydrogens is 226 g/mol. The molecule has 1 N–H and O–H groups in total. The average Bonchev–Trinajstić information content (AvgIpc) is 2.40. The summed E-state index contributed by atoms with van der Waals surface area (Å²) >= 11 is 0. The molecule has 1 saturated heterocycles. The zero-order valence-electron chi connectivity index (χ0n) is 11.1. The molecule has 0 unspecified atom stereocenters. The molecule has 0 bridgehead atoms. The molecule has 2 heterocycles. The molecule has 18 heavy (non-hydrogen) atoms. The second kappa shape index (κ2) is 5.96. The third kappa shape index (κ3) is 3.07. The van der Waals surface area contributed by atoms with Crippen LogP contribution in [0.5, 0.6) is 0 Å². The van der Waals surface area contributed by atoms with Crippen molar-refractivity contribution in [1.29, 1.82) is 0 Å². The number of hydrogen-bond donors (Lipinski definition) is 1. The number of aromatic nitrogens is 1. The zero-order chi connectivity index (χ0) is 13.0. The molecular formula is C14H21N3O. The highest BCUT2D eigenvalue weighted by atomic mass is 16.2. The van der Waals surface area contributed by atoms with Crippen molar-refractivity contribution in [3.05, 3.63) is 30.1 Å². The number of piperazine rings is 1. The monoisotopic (exact) mass is 247 g/mol. The van der Waals surface area contributed by atoms with Crippen LogP contribution in [0.1, 0.15) is 31.7 Å². The number of hydrogen-bond acceptors (Lipinski definition) is 3. The lowest BCUT2D eigenvalue weighted by Gasteiger charge is -2.34. The average molecular weight is 247 g/mol. The van der Waals surface area contributed by atoms with Gasteiger partial charge in [-0.3, -0.25) is 9.78 Å². The Morgan fingerprint density at radius 1 is 1.56 bits per heavy atom. The second-order valence-electron chi connectivity index (χ2n) is 5.03. The molecule has 0 radical (unpaired) electrons. The van der Waals surface area contributed by atoms with E-state index in [4.69, 9.17) is 0 Å². The van der Waals surface area contributed by atoms with Crippen molar-refractivity contribution in [2.45, 2.75) is 32.2 Å². The molecule has 0 saturated carbocycles. The summed E-state index contributed by atoms with van der Waals surface area (Å²) in [5.74, 6) is 0.510. The van der Waals surface area contributed by atoms with Crippen molar-refractivity contribution < 1.29 is 4.79 Å². The summed E-state index contributed by atoms with van der Waals surface area (Å²) < 4.78 is 0. The minimum absolute atomic E-state index is 0.252. The maximum atomic E-state index is 12.3. The molecule has 1 amide bonds. The summed E-state index contributed by atoms with van der Waals surface area (Å²) in [5.41, 5.74) is 1.18. The summed E-state index contributed by atoms with van der Waals surface area (Å²) in [7, 11) is 0. The minimum Gasteiger partial charge on any atom is -0.337 e. The summed E-state index contributed by atoms with van der Waals surface area (Å²) in [6.45, 7) is 6.82. The first-order valence-electron chi connectivity index (χ1n) is 6.58. The predicted molar refractivity (Wildman–Crippen MR) is 71.3 cm³/mol. The maximum absolute atomic E-state index is 12.3. The molecule has 1 aromatic heterocycles. The topological polar surface area (TPSA) is 45.2 Å². The number of nitrogens with zero attached hydrogens (tertiary/aromatic N) is 2. The van der Waals surface area contributed by atoms with Crippen LogP contribution in [0.15, 0.2) is 24.5 Å². The molecule has 4 heteroatoms. The molecule has 1 aromatic rings. The Bertz CT molecular complexity index is 393. The number of rotatable bonds is 3. The van der Waals surface area contributed by atoms with E-state index in [1.807, 2.05) is 17.0 Å². The highest BCUT2D eigenvalue weighted by molar-refractivity contribution is 5.77. The van der Waals surface area contributed by atoms with Gasteiger partial charge in [-0.1, -0.05) is 6.92 Å². The molecule has 4 nitrogen and oxygen atoms in total. The SMILES string of the molecule is C[C@@H](CC(=O)N1CCNC[C@@H]1C)c1ccncc1. The lowest BCUT2D eigenvalue weighted by Crippen LogP contribution is -2.52. The Balaban J connectivity index is 1.94. The lowest BCUT2D eigenvalue weighted by atomic mass is 9.98. The van der Waals surface area contributed by atoms with Gasteiger partial charge in [-0.05, 0) is 30.5 Å². The second-order valence-corrected chi connectivity index (χ2v) is 5.03. The summed E-state index contributed by atoms with van der Waals surface area (Å²) in [4.78, 5) is 18.3. The van der Waals surface area contributed by atoms with Gasteiger partial charge in [0.25, 0.3) is 0 Å². The van der Waals surface area contributed by atoms with Crippen LogP contribution < -0.4 is 5.32 Å². The Labute approximate surface area is 108 Å². The van der Waals surface area contributed by atoms with Crippen LogP contribution in [0, 0.1) is 0 Å². The molecule has 0 aliphatic carbocycles. The quantitative estimate of drug-likeness (QED) is 0.878. The first-order valence-corrected chi connectivity index (χ1v) is 6.58. The van der Waals surface area contributed by atoms with Crippen LogP contribution in [-0.4, -0.2) is 41.5 Å². The molecule has 0 spiro atoms. The van der Waals surface area contributed by atoms with Gasteiger partial charge in [-0.25, -0.2) is 0 Å². The van der Waals surface area contributed by atoms with Crippen LogP contribution in [0.25, 0.3) is 0 Å². The van der Waals surface area contributed by atoms with E-state index in [0.29, 0.717) is 12.5 Å². The molecule has 2 atom stereocenters. The summed E-state index contributed by atoms with van der Waals surface area (Å²) in [6, 6.07) is 4.27. The molecule has 2 rings (SSSR count). The summed E-state index contributed by atoms with van der Waals surface area (Å²) in [5, 5.41) is 3.30. The van der Waals surface area contributed by atoms with Crippen LogP contribution >= 0.6 is 0 Å². The van der Waals surface area contributed by atoms with Crippen molar-refractivity contribution in [3.8, 4) is 0 Å². The largest absolute Gasteiger partial charge is 0.337 e. The van der Waals surface area contributed by atoms with Gasteiger partial charge < -0.3 is 10.2 Å². The van der Waals surface area contributed by atoms with Gasteiger partial charge in [0.2, 0.25) is 5.91 Å². The van der Waals surface area contributed by atoms with Gasteiger partial charge in [-0.2, -0.15) is 0 Å². The fraction of sp³-hybridized carbons (Fsp3) is 0.571. The molecule has 0 aromatic carbocycles. The van der Waals surface area contributed by atoms with E-state index in [-0.39, 0.29) is 11.8 Å². The van der Waals surface area contributed by atoms with E-state index in [0.717, 1.165) is 19.6 Å². The number of nitrogens with one attached hydrogen (secondary N) is 1. The highest BCUT2D eigenvalue weighted by Gasteiger charge is 2.24. The Morgan fingerprint density at radius 3 is 2.94 bits per heavy atom. The van der Waals surface area contributed by atoms with Gasteiger partial charge in [0, 0.05) is 44.5 Å². The van der Waals surface area contributed by atoms with Gasteiger partial charge in [-0.15, -0.1) is 0 Å². The molecule has 1 fully saturated rings.